The highest BCUT2D eigenvalue weighted by molar-refractivity contribution is 5.84. The van der Waals surface area contributed by atoms with Gasteiger partial charge in [0.1, 0.15) is 17.5 Å². The van der Waals surface area contributed by atoms with Gasteiger partial charge in [0.25, 0.3) is 0 Å². The second kappa shape index (κ2) is 4.33. The molecule has 1 atom stereocenters. The first-order valence-electron chi connectivity index (χ1n) is 6.23. The van der Waals surface area contributed by atoms with E-state index in [-0.39, 0.29) is 11.9 Å². The quantitative estimate of drug-likeness (QED) is 0.855. The van der Waals surface area contributed by atoms with Crippen molar-refractivity contribution in [3.63, 3.8) is 0 Å². The zero-order chi connectivity index (χ0) is 12.5. The number of anilines is 1. The van der Waals surface area contributed by atoms with Gasteiger partial charge in [-0.1, -0.05) is 6.07 Å². The third-order valence-electron chi connectivity index (χ3n) is 3.11. The molecule has 2 N–H and O–H groups in total. The summed E-state index contributed by atoms with van der Waals surface area (Å²) in [6.45, 7) is 1.87. The molecule has 1 unspecified atom stereocenters. The monoisotopic (exact) mass is 244 g/mol. The van der Waals surface area contributed by atoms with Crippen LogP contribution in [-0.2, 0) is 4.79 Å². The number of amides is 1. The van der Waals surface area contributed by atoms with Crippen LogP contribution in [0.2, 0.25) is 0 Å². The van der Waals surface area contributed by atoms with E-state index in [4.69, 9.17) is 0 Å². The lowest BCUT2D eigenvalue weighted by atomic mass is 10.3. The summed E-state index contributed by atoms with van der Waals surface area (Å²) in [4.78, 5) is 16.1. The first kappa shape index (κ1) is 11.1. The number of pyridine rings is 1. The molecule has 0 saturated heterocycles. The molecule has 1 amide bonds. The lowest BCUT2D eigenvalue weighted by molar-refractivity contribution is -0.121. The van der Waals surface area contributed by atoms with Crippen molar-refractivity contribution < 1.29 is 4.79 Å². The first-order valence-corrected chi connectivity index (χ1v) is 6.23. The number of aromatic nitrogens is 2. The maximum absolute atomic E-state index is 11.9. The molecule has 1 saturated carbocycles. The number of fused-ring (bicyclic) bond motifs is 1. The molecule has 0 aliphatic heterocycles. The highest BCUT2D eigenvalue weighted by Gasteiger charge is 2.25. The van der Waals surface area contributed by atoms with Crippen LogP contribution in [0.25, 0.3) is 5.65 Å². The molecule has 1 fully saturated rings. The highest BCUT2D eigenvalue weighted by atomic mass is 16.2. The van der Waals surface area contributed by atoms with Crippen molar-refractivity contribution in [1.29, 1.82) is 0 Å². The van der Waals surface area contributed by atoms with Crippen molar-refractivity contribution >= 4 is 17.4 Å². The van der Waals surface area contributed by atoms with Gasteiger partial charge in [-0.15, -0.1) is 0 Å². The zero-order valence-corrected chi connectivity index (χ0v) is 10.3. The number of hydrogen-bond donors (Lipinski definition) is 2. The summed E-state index contributed by atoms with van der Waals surface area (Å²) in [5, 5.41) is 6.20. The summed E-state index contributed by atoms with van der Waals surface area (Å²) in [5.74, 6) is 0.929. The number of imidazole rings is 1. The first-order chi connectivity index (χ1) is 8.74. The molecule has 5 heteroatoms. The fraction of sp³-hybridized carbons (Fsp3) is 0.385. The summed E-state index contributed by atoms with van der Waals surface area (Å²) in [6.07, 6.45) is 5.84. The van der Waals surface area contributed by atoms with E-state index in [0.29, 0.717) is 6.04 Å². The molecule has 0 radical (unpaired) electrons. The Labute approximate surface area is 105 Å². The molecule has 1 aliphatic carbocycles. The highest BCUT2D eigenvalue weighted by Crippen LogP contribution is 2.19. The van der Waals surface area contributed by atoms with Crippen molar-refractivity contribution in [2.24, 2.45) is 0 Å². The normalized spacial score (nSPS) is 16.5. The maximum Gasteiger partial charge on any atom is 0.242 e. The number of rotatable bonds is 4. The van der Waals surface area contributed by atoms with E-state index in [0.717, 1.165) is 24.3 Å². The van der Waals surface area contributed by atoms with Crippen LogP contribution in [0.4, 0.5) is 5.82 Å². The van der Waals surface area contributed by atoms with E-state index in [1.165, 1.54) is 0 Å². The predicted octanol–water partition coefficient (Wildman–Crippen LogP) is 1.41. The average Bonchev–Trinajstić information content (AvgIpc) is 3.04. The molecule has 1 aliphatic rings. The lowest BCUT2D eigenvalue weighted by Crippen LogP contribution is -2.39. The van der Waals surface area contributed by atoms with Gasteiger partial charge in [-0.3, -0.25) is 9.20 Å². The maximum atomic E-state index is 11.9. The predicted molar refractivity (Wildman–Crippen MR) is 69.4 cm³/mol. The molecule has 18 heavy (non-hydrogen) atoms. The molecule has 0 aromatic carbocycles. The molecule has 3 rings (SSSR count). The molecule has 0 bridgehead atoms. The van der Waals surface area contributed by atoms with Gasteiger partial charge >= 0.3 is 0 Å². The Bertz CT molecular complexity index is 573. The molecule has 2 aromatic heterocycles. The van der Waals surface area contributed by atoms with Gasteiger partial charge in [0.05, 0.1) is 0 Å². The van der Waals surface area contributed by atoms with Crippen molar-refractivity contribution in [3.05, 3.63) is 30.6 Å². The molecule has 94 valence electrons. The minimum Gasteiger partial charge on any atom is -0.360 e. The third kappa shape index (κ3) is 2.16. The van der Waals surface area contributed by atoms with Gasteiger partial charge in [0, 0.05) is 18.4 Å². The van der Waals surface area contributed by atoms with Crippen LogP contribution >= 0.6 is 0 Å². The largest absolute Gasteiger partial charge is 0.360 e. The Kier molecular flexibility index (Phi) is 2.66. The fourth-order valence-electron chi connectivity index (χ4n) is 1.91. The van der Waals surface area contributed by atoms with E-state index in [1.807, 2.05) is 35.7 Å². The number of carbonyl (C=O) groups excluding carboxylic acids is 1. The average molecular weight is 244 g/mol. The molecule has 0 spiro atoms. The minimum atomic E-state index is -0.251. The number of nitrogens with one attached hydrogen (secondary N) is 2. The fourth-order valence-corrected chi connectivity index (χ4v) is 1.91. The van der Waals surface area contributed by atoms with Crippen LogP contribution in [0.1, 0.15) is 19.8 Å². The summed E-state index contributed by atoms with van der Waals surface area (Å²) in [5.41, 5.74) is 0.870. The van der Waals surface area contributed by atoms with Gasteiger partial charge < -0.3 is 10.6 Å². The van der Waals surface area contributed by atoms with Crippen LogP contribution in [0.5, 0.6) is 0 Å². The Morgan fingerprint density at radius 2 is 2.33 bits per heavy atom. The molecular weight excluding hydrogens is 228 g/mol. The summed E-state index contributed by atoms with van der Waals surface area (Å²) >= 11 is 0. The number of hydrogen-bond acceptors (Lipinski definition) is 3. The smallest absolute Gasteiger partial charge is 0.242 e. The van der Waals surface area contributed by atoms with Crippen LogP contribution in [-0.4, -0.2) is 27.4 Å². The van der Waals surface area contributed by atoms with Crippen molar-refractivity contribution in [1.82, 2.24) is 14.7 Å². The zero-order valence-electron chi connectivity index (χ0n) is 10.3. The summed E-state index contributed by atoms with van der Waals surface area (Å²) in [7, 11) is 0. The van der Waals surface area contributed by atoms with Gasteiger partial charge in [-0.25, -0.2) is 4.98 Å². The SMILES string of the molecule is CC(Nc1cccc2nccn12)C(=O)NC1CC1. The molecule has 2 aromatic rings. The van der Waals surface area contributed by atoms with Crippen LogP contribution < -0.4 is 10.6 Å². The topological polar surface area (TPSA) is 58.4 Å². The van der Waals surface area contributed by atoms with Crippen molar-refractivity contribution in [2.75, 3.05) is 5.32 Å². The second-order valence-electron chi connectivity index (χ2n) is 4.72. The number of nitrogens with zero attached hydrogens (tertiary/aromatic N) is 2. The molecular formula is C13H16N4O. The Morgan fingerprint density at radius 1 is 1.50 bits per heavy atom. The van der Waals surface area contributed by atoms with Crippen LogP contribution in [0.3, 0.4) is 0 Å². The van der Waals surface area contributed by atoms with Crippen molar-refractivity contribution in [3.8, 4) is 0 Å². The van der Waals surface area contributed by atoms with Crippen LogP contribution in [0.15, 0.2) is 30.6 Å². The Morgan fingerprint density at radius 3 is 3.11 bits per heavy atom. The van der Waals surface area contributed by atoms with E-state index in [2.05, 4.69) is 15.6 Å². The summed E-state index contributed by atoms with van der Waals surface area (Å²) in [6, 6.07) is 5.94. The van der Waals surface area contributed by atoms with Gasteiger partial charge in [0.15, 0.2) is 0 Å². The Hall–Kier alpha value is -2.04. The number of carbonyl (C=O) groups is 1. The minimum absolute atomic E-state index is 0.0506. The Balaban J connectivity index is 1.74. The van der Waals surface area contributed by atoms with Crippen molar-refractivity contribution in [2.45, 2.75) is 31.8 Å². The van der Waals surface area contributed by atoms with E-state index in [1.54, 1.807) is 6.20 Å². The standard InChI is InChI=1S/C13H16N4O/c1-9(13(18)16-10-5-6-10)15-12-4-2-3-11-14-7-8-17(11)12/h2-4,7-10,15H,5-6H2,1H3,(H,16,18). The second-order valence-corrected chi connectivity index (χ2v) is 4.72. The molecule has 2 heterocycles. The van der Waals surface area contributed by atoms with E-state index >= 15 is 0 Å². The van der Waals surface area contributed by atoms with Gasteiger partial charge in [0.2, 0.25) is 5.91 Å². The van der Waals surface area contributed by atoms with Gasteiger partial charge in [-0.05, 0) is 31.9 Å². The van der Waals surface area contributed by atoms with Crippen LogP contribution in [0, 0.1) is 0 Å². The lowest BCUT2D eigenvalue weighted by Gasteiger charge is -2.16. The third-order valence-corrected chi connectivity index (χ3v) is 3.11. The van der Waals surface area contributed by atoms with Gasteiger partial charge in [-0.2, -0.15) is 0 Å². The van der Waals surface area contributed by atoms with E-state index < -0.39 is 0 Å². The summed E-state index contributed by atoms with van der Waals surface area (Å²) < 4.78 is 1.93. The van der Waals surface area contributed by atoms with E-state index in [9.17, 15) is 4.79 Å². The molecule has 5 nitrogen and oxygen atoms in total.